The Balaban J connectivity index is 1.61. The number of rotatable bonds is 10. The molecule has 9 heteroatoms. The van der Waals surface area contributed by atoms with E-state index in [1.165, 1.54) is 25.5 Å². The van der Waals surface area contributed by atoms with E-state index < -0.39 is 21.6 Å². The molecule has 1 N–H and O–H groups in total. The maximum absolute atomic E-state index is 11.6. The minimum absolute atomic E-state index is 0.226. The molecule has 0 atom stereocenters. The Hall–Kier alpha value is -1.94. The maximum Gasteiger partial charge on any atom is 0.366 e. The van der Waals surface area contributed by atoms with Crippen LogP contribution in [0.2, 0.25) is 0 Å². The molecule has 1 saturated heterocycles. The summed E-state index contributed by atoms with van der Waals surface area (Å²) in [6, 6.07) is 6.44. The van der Waals surface area contributed by atoms with Gasteiger partial charge in [-0.1, -0.05) is 25.1 Å². The third kappa shape index (κ3) is 6.81. The summed E-state index contributed by atoms with van der Waals surface area (Å²) in [6.07, 6.45) is 3.82. The lowest BCUT2D eigenvalue weighted by Gasteiger charge is -2.35. The molecule has 1 aromatic rings. The highest BCUT2D eigenvalue weighted by atomic mass is 32.2. The van der Waals surface area contributed by atoms with Crippen molar-refractivity contribution in [2.45, 2.75) is 36.9 Å². The van der Waals surface area contributed by atoms with E-state index in [-0.39, 0.29) is 10.8 Å². The number of carbonyl (C=O) groups excluding carboxylic acids is 1. The summed E-state index contributed by atoms with van der Waals surface area (Å²) in [5.41, 5.74) is 4.09. The van der Waals surface area contributed by atoms with Crippen molar-refractivity contribution in [1.29, 1.82) is 0 Å². The van der Waals surface area contributed by atoms with Crippen molar-refractivity contribution >= 4 is 21.5 Å². The largest absolute Gasteiger partial charge is 0.465 e. The van der Waals surface area contributed by atoms with Crippen LogP contribution in [0.3, 0.4) is 0 Å². The van der Waals surface area contributed by atoms with Crippen molar-refractivity contribution < 1.29 is 32.3 Å². The molecule has 0 amide bonds. The van der Waals surface area contributed by atoms with Gasteiger partial charge in [-0.2, -0.15) is 0 Å². The molecule has 1 aromatic carbocycles. The van der Waals surface area contributed by atoms with Crippen LogP contribution < -0.4 is 5.48 Å². The first-order valence-corrected chi connectivity index (χ1v) is 11.3. The van der Waals surface area contributed by atoms with Gasteiger partial charge in [0, 0.05) is 19.1 Å². The van der Waals surface area contributed by atoms with Gasteiger partial charge in [0.2, 0.25) is 0 Å². The fraction of sp³-hybridized carbons (Fsp3) is 0.550. The van der Waals surface area contributed by atoms with Crippen molar-refractivity contribution in [3.05, 3.63) is 36.4 Å². The van der Waals surface area contributed by atoms with Gasteiger partial charge in [-0.05, 0) is 30.5 Å². The van der Waals surface area contributed by atoms with Gasteiger partial charge in [0.25, 0.3) is 5.79 Å². The van der Waals surface area contributed by atoms with E-state index in [4.69, 9.17) is 14.3 Å². The van der Waals surface area contributed by atoms with Gasteiger partial charge >= 0.3 is 5.97 Å². The molecule has 0 spiro atoms. The molecule has 1 heterocycles. The smallest absolute Gasteiger partial charge is 0.366 e. The fourth-order valence-corrected chi connectivity index (χ4v) is 3.45. The molecule has 2 rings (SSSR count). The van der Waals surface area contributed by atoms with Crippen LogP contribution in [-0.2, 0) is 33.7 Å². The lowest BCUT2D eigenvalue weighted by Crippen LogP contribution is -2.48. The summed E-state index contributed by atoms with van der Waals surface area (Å²) in [5, 5.41) is 0. The average molecular weight is 428 g/mol. The normalized spacial score (nSPS) is 22.1. The van der Waals surface area contributed by atoms with E-state index in [1.807, 2.05) is 0 Å². The van der Waals surface area contributed by atoms with E-state index in [1.54, 1.807) is 19.1 Å². The Morgan fingerprint density at radius 1 is 1.24 bits per heavy atom. The Morgan fingerprint density at radius 3 is 2.41 bits per heavy atom. The molecule has 0 unspecified atom stereocenters. The first-order chi connectivity index (χ1) is 13.7. The van der Waals surface area contributed by atoms with Gasteiger partial charge in [-0.3, -0.25) is 10.3 Å². The predicted octanol–water partition coefficient (Wildman–Crippen LogP) is 2.30. The highest BCUT2D eigenvalue weighted by Gasteiger charge is 2.41. The molecule has 1 aliphatic rings. The van der Waals surface area contributed by atoms with Crippen molar-refractivity contribution in [1.82, 2.24) is 5.48 Å². The van der Waals surface area contributed by atoms with Gasteiger partial charge < -0.3 is 14.2 Å². The molecule has 0 bridgehead atoms. The number of ether oxygens (including phenoxy) is 3. The quantitative estimate of drug-likeness (QED) is 0.345. The number of sulfone groups is 1. The van der Waals surface area contributed by atoms with Crippen molar-refractivity contribution in [2.24, 2.45) is 5.92 Å². The number of hydrogen-bond acceptors (Lipinski definition) is 8. The van der Waals surface area contributed by atoms with Crippen LogP contribution in [0.15, 0.2) is 35.7 Å². The summed E-state index contributed by atoms with van der Waals surface area (Å²) < 4.78 is 38.7. The van der Waals surface area contributed by atoms with Crippen molar-refractivity contribution in [2.75, 3.05) is 33.2 Å². The number of unbranched alkanes of at least 4 members (excludes halogenated alkanes) is 1. The molecule has 0 aliphatic carbocycles. The molecule has 1 aliphatic heterocycles. The fourth-order valence-electron chi connectivity index (χ4n) is 2.82. The van der Waals surface area contributed by atoms with E-state index in [2.05, 4.69) is 16.8 Å². The van der Waals surface area contributed by atoms with Crippen LogP contribution in [0, 0.1) is 5.92 Å². The molecule has 8 nitrogen and oxygen atoms in total. The standard InChI is InChI=1S/C20H29NO7S/c1-15(17-8-10-18(11-9-17)29(4,23)24)21-28-12-6-5-7-16-13-26-20(2,27-14-16)19(22)25-3/h8-11,16,21H,1,5-7,12-14H2,2-4H3. The second kappa shape index (κ2) is 10.2. The van der Waals surface area contributed by atoms with E-state index in [0.717, 1.165) is 24.8 Å². The lowest BCUT2D eigenvalue weighted by atomic mass is 10.0. The Bertz CT molecular complexity index is 797. The minimum Gasteiger partial charge on any atom is -0.465 e. The highest BCUT2D eigenvalue weighted by molar-refractivity contribution is 7.90. The summed E-state index contributed by atoms with van der Waals surface area (Å²) in [7, 11) is -1.91. The van der Waals surface area contributed by atoms with Gasteiger partial charge in [-0.25, -0.2) is 13.2 Å². The van der Waals surface area contributed by atoms with Crippen molar-refractivity contribution in [3.8, 4) is 0 Å². The molecule has 0 aromatic heterocycles. The second-order valence-corrected chi connectivity index (χ2v) is 9.16. The number of methoxy groups -OCH3 is 1. The van der Waals surface area contributed by atoms with E-state index >= 15 is 0 Å². The molecule has 1 fully saturated rings. The zero-order valence-corrected chi connectivity index (χ0v) is 17.9. The topological polar surface area (TPSA) is 100 Å². The maximum atomic E-state index is 11.6. The van der Waals surface area contributed by atoms with Crippen LogP contribution in [0.4, 0.5) is 0 Å². The Morgan fingerprint density at radius 2 is 1.86 bits per heavy atom. The van der Waals surface area contributed by atoms with E-state index in [9.17, 15) is 13.2 Å². The number of carbonyl (C=O) groups is 1. The zero-order valence-electron chi connectivity index (χ0n) is 17.1. The van der Waals surface area contributed by atoms with Gasteiger partial charge in [0.1, 0.15) is 0 Å². The minimum atomic E-state index is -3.22. The highest BCUT2D eigenvalue weighted by Crippen LogP contribution is 2.25. The Labute approximate surface area is 172 Å². The molecule has 162 valence electrons. The van der Waals surface area contributed by atoms with Gasteiger partial charge in [0.15, 0.2) is 9.84 Å². The lowest BCUT2D eigenvalue weighted by molar-refractivity contribution is -0.272. The molecule has 0 saturated carbocycles. The molecular weight excluding hydrogens is 398 g/mol. The van der Waals surface area contributed by atoms with Gasteiger partial charge in [0.05, 0.1) is 37.5 Å². The van der Waals surface area contributed by atoms with Crippen LogP contribution >= 0.6 is 0 Å². The zero-order chi connectivity index (χ0) is 21.5. The summed E-state index contributed by atoms with van der Waals surface area (Å²) in [5.74, 6) is -1.61. The number of esters is 1. The number of hydrogen-bond donors (Lipinski definition) is 1. The van der Waals surface area contributed by atoms with Crippen LogP contribution in [0.1, 0.15) is 31.7 Å². The Kier molecular flexibility index (Phi) is 8.21. The molecule has 29 heavy (non-hydrogen) atoms. The average Bonchev–Trinajstić information content (AvgIpc) is 2.70. The third-order valence-electron chi connectivity index (χ3n) is 4.68. The van der Waals surface area contributed by atoms with Crippen LogP contribution in [-0.4, -0.2) is 53.4 Å². The number of benzene rings is 1. The first-order valence-electron chi connectivity index (χ1n) is 9.39. The summed E-state index contributed by atoms with van der Waals surface area (Å²) in [6.45, 7) is 6.85. The van der Waals surface area contributed by atoms with E-state index in [0.29, 0.717) is 25.5 Å². The second-order valence-electron chi connectivity index (χ2n) is 7.15. The number of hydroxylamine groups is 1. The van der Waals surface area contributed by atoms with Crippen LogP contribution in [0.5, 0.6) is 0 Å². The first kappa shape index (κ1) is 23.3. The van der Waals surface area contributed by atoms with Crippen LogP contribution in [0.25, 0.3) is 5.70 Å². The SMILES string of the molecule is C=C(NOCCCCC1COC(C)(C(=O)OC)OC1)c1ccc(S(C)(=O)=O)cc1. The third-order valence-corrected chi connectivity index (χ3v) is 5.81. The number of nitrogens with one attached hydrogen (secondary N) is 1. The monoisotopic (exact) mass is 427 g/mol. The van der Waals surface area contributed by atoms with Gasteiger partial charge in [-0.15, -0.1) is 0 Å². The predicted molar refractivity (Wildman–Crippen MR) is 107 cm³/mol. The molecular formula is C20H29NO7S. The summed E-state index contributed by atoms with van der Waals surface area (Å²) >= 11 is 0. The summed E-state index contributed by atoms with van der Waals surface area (Å²) in [4.78, 5) is 17.3. The molecule has 0 radical (unpaired) electrons. The van der Waals surface area contributed by atoms with Crippen molar-refractivity contribution in [3.63, 3.8) is 0 Å².